The third kappa shape index (κ3) is 4.93. The van der Waals surface area contributed by atoms with Crippen LogP contribution in [0.15, 0.2) is 54.6 Å². The van der Waals surface area contributed by atoms with Crippen LogP contribution in [-0.4, -0.2) is 0 Å². The van der Waals surface area contributed by atoms with Gasteiger partial charge in [-0.05, 0) is 0 Å². The summed E-state index contributed by atoms with van der Waals surface area (Å²) in [5.74, 6) is 1.49. The molecule has 0 bridgehead atoms. The first-order valence-corrected chi connectivity index (χ1v) is 17.9. The number of halogens is 4. The fraction of sp³-hybridized carbons (Fsp3) is 0.314. The Morgan fingerprint density at radius 3 is 1.32 bits per heavy atom. The van der Waals surface area contributed by atoms with Crippen LogP contribution in [0, 0.1) is 13.8 Å². The van der Waals surface area contributed by atoms with Crippen LogP contribution in [-0.2, 0) is 17.3 Å². The minimum atomic E-state index is -5.02. The summed E-state index contributed by atoms with van der Waals surface area (Å²) >= 11 is 26.8. The molecule has 0 radical (unpaired) electrons. The summed E-state index contributed by atoms with van der Waals surface area (Å²) in [4.78, 5) is 0. The zero-order valence-corrected chi connectivity index (χ0v) is 29.9. The number of aryl methyl sites for hydroxylation is 2. The number of rotatable bonds is 1. The van der Waals surface area contributed by atoms with Gasteiger partial charge in [0, 0.05) is 0 Å². The molecule has 232 valence electrons. The summed E-state index contributed by atoms with van der Waals surface area (Å²) in [6, 6.07) is 18.1. The van der Waals surface area contributed by atoms with Crippen molar-refractivity contribution < 1.29 is 18.1 Å². The van der Waals surface area contributed by atoms with Gasteiger partial charge in [0.1, 0.15) is 0 Å². The van der Waals surface area contributed by atoms with Crippen LogP contribution in [0.1, 0.15) is 74.9 Å². The van der Waals surface area contributed by atoms with E-state index in [-0.39, 0.29) is 42.4 Å². The Balaban J connectivity index is 1.81. The van der Waals surface area contributed by atoms with E-state index in [2.05, 4.69) is 79.7 Å². The zero-order chi connectivity index (χ0) is 32.0. The first kappa shape index (κ1) is 31.6. The Bertz CT molecular complexity index is 1730. The summed E-state index contributed by atoms with van der Waals surface area (Å²) in [6.45, 7) is 17.1. The SMILES string of the molecule is Cc1cc2c(c(C(C)(C)C)c1)OP1(c3ccccc3)(Oc3c(cc(C)cc3C(C)(C)C)C2)Oc2c(Cl)c(Cl)c(Cl)c(Cl)c2O1. The zero-order valence-electron chi connectivity index (χ0n) is 26.0. The quantitative estimate of drug-likeness (QED) is 0.113. The molecular formula is C35H35Cl4O4P. The molecule has 0 saturated carbocycles. The van der Waals surface area contributed by atoms with E-state index >= 15 is 0 Å². The van der Waals surface area contributed by atoms with Crippen molar-refractivity contribution >= 4 is 59.2 Å². The van der Waals surface area contributed by atoms with E-state index in [0.717, 1.165) is 33.4 Å². The average Bonchev–Trinajstić information content (AvgIpc) is 3.29. The first-order valence-electron chi connectivity index (χ1n) is 14.5. The monoisotopic (exact) mass is 690 g/mol. The second-order valence-corrected chi connectivity index (χ2v) is 18.1. The van der Waals surface area contributed by atoms with E-state index < -0.39 is 7.51 Å². The standard InChI is InChI=1S/C35H35Cl4O4P/c1-19-14-21-18-22-15-20(2)17-25(35(6,7)8)31(22)41-44(23-12-10-9-11-13-23,40-30(21)24(16-19)34(3,4)5)42-32-28(38)26(36)27(37)29(39)33(32)43-44/h9-17H,18H2,1-8H3. The first-order chi connectivity index (χ1) is 20.4. The van der Waals surface area contributed by atoms with Gasteiger partial charge >= 0.3 is 281 Å². The van der Waals surface area contributed by atoms with Crippen LogP contribution < -0.4 is 23.4 Å². The van der Waals surface area contributed by atoms with Crippen molar-refractivity contribution in [2.24, 2.45) is 0 Å². The van der Waals surface area contributed by atoms with Gasteiger partial charge in [-0.15, -0.1) is 0 Å². The Morgan fingerprint density at radius 1 is 0.545 bits per heavy atom. The second-order valence-electron chi connectivity index (χ2n) is 13.7. The predicted octanol–water partition coefficient (Wildman–Crippen LogP) is 11.9. The Kier molecular flexibility index (Phi) is 7.44. The summed E-state index contributed by atoms with van der Waals surface area (Å²) in [6.07, 6.45) is 0.577. The number of hydrogen-bond donors (Lipinski definition) is 0. The summed E-state index contributed by atoms with van der Waals surface area (Å²) < 4.78 is 28.7. The van der Waals surface area contributed by atoms with Gasteiger partial charge in [-0.2, -0.15) is 0 Å². The van der Waals surface area contributed by atoms with Crippen molar-refractivity contribution in [1.29, 1.82) is 0 Å². The molecule has 0 atom stereocenters. The van der Waals surface area contributed by atoms with E-state index in [0.29, 0.717) is 23.2 Å². The molecule has 0 amide bonds. The summed E-state index contributed by atoms with van der Waals surface area (Å²) in [5.41, 5.74) is 5.57. The van der Waals surface area contributed by atoms with E-state index in [1.807, 2.05) is 30.3 Å². The topological polar surface area (TPSA) is 36.9 Å². The Labute approximate surface area is 279 Å². The van der Waals surface area contributed by atoms with Gasteiger partial charge in [-0.25, -0.2) is 0 Å². The molecule has 0 N–H and O–H groups in total. The van der Waals surface area contributed by atoms with Crippen molar-refractivity contribution in [3.63, 3.8) is 0 Å². The second kappa shape index (κ2) is 10.3. The van der Waals surface area contributed by atoms with Crippen molar-refractivity contribution in [2.45, 2.75) is 72.6 Å². The molecule has 1 spiro atoms. The molecule has 4 nitrogen and oxygen atoms in total. The molecule has 2 aliphatic heterocycles. The van der Waals surface area contributed by atoms with E-state index in [9.17, 15) is 0 Å². The number of benzene rings is 4. The molecule has 0 aromatic heterocycles. The molecule has 44 heavy (non-hydrogen) atoms. The van der Waals surface area contributed by atoms with E-state index in [1.165, 1.54) is 0 Å². The van der Waals surface area contributed by atoms with Gasteiger partial charge in [0.05, 0.1) is 0 Å². The predicted molar refractivity (Wildman–Crippen MR) is 185 cm³/mol. The van der Waals surface area contributed by atoms with E-state index in [4.69, 9.17) is 64.5 Å². The number of fused-ring (bicyclic) bond motifs is 3. The maximum atomic E-state index is 7.36. The molecule has 2 heterocycles. The van der Waals surface area contributed by atoms with Crippen molar-refractivity contribution in [3.05, 3.63) is 108 Å². The molecular weight excluding hydrogens is 657 g/mol. The van der Waals surface area contributed by atoms with E-state index in [1.54, 1.807) is 0 Å². The molecule has 9 heteroatoms. The molecule has 4 aromatic rings. The van der Waals surface area contributed by atoms with Gasteiger partial charge in [0.15, 0.2) is 0 Å². The molecule has 0 aliphatic carbocycles. The third-order valence-corrected chi connectivity index (χ3v) is 12.9. The molecule has 6 rings (SSSR count). The Morgan fingerprint density at radius 2 is 0.932 bits per heavy atom. The van der Waals surface area contributed by atoms with Gasteiger partial charge in [-0.3, -0.25) is 0 Å². The summed E-state index contributed by atoms with van der Waals surface area (Å²) in [7, 11) is -5.02. The molecule has 2 aliphatic rings. The van der Waals surface area contributed by atoms with Crippen LogP contribution in [0.5, 0.6) is 23.0 Å². The van der Waals surface area contributed by atoms with Gasteiger partial charge in [-0.1, -0.05) is 0 Å². The van der Waals surface area contributed by atoms with Gasteiger partial charge in [0.2, 0.25) is 0 Å². The van der Waals surface area contributed by atoms with Crippen LogP contribution >= 0.6 is 53.9 Å². The third-order valence-electron chi connectivity index (χ3n) is 7.97. The molecule has 0 saturated heterocycles. The summed E-state index contributed by atoms with van der Waals surface area (Å²) in [5, 5.41) is 0.772. The maximum absolute atomic E-state index is 7.36. The fourth-order valence-corrected chi connectivity index (χ4v) is 10.2. The van der Waals surface area contributed by atoms with Crippen LogP contribution in [0.3, 0.4) is 0 Å². The fourth-order valence-electron chi connectivity index (χ4n) is 5.87. The number of hydrogen-bond acceptors (Lipinski definition) is 4. The van der Waals surface area contributed by atoms with Gasteiger partial charge in [0.25, 0.3) is 0 Å². The van der Waals surface area contributed by atoms with Crippen LogP contribution in [0.4, 0.5) is 0 Å². The Hall–Kier alpha value is -2.33. The van der Waals surface area contributed by atoms with Crippen molar-refractivity contribution in [3.8, 4) is 23.0 Å². The average molecular weight is 692 g/mol. The van der Waals surface area contributed by atoms with Crippen molar-refractivity contribution in [2.75, 3.05) is 0 Å². The molecule has 0 unspecified atom stereocenters. The molecule has 0 fully saturated rings. The van der Waals surface area contributed by atoms with Crippen LogP contribution in [0.25, 0.3) is 0 Å². The van der Waals surface area contributed by atoms with Crippen LogP contribution in [0.2, 0.25) is 20.1 Å². The minimum absolute atomic E-state index is 0.0529. The van der Waals surface area contributed by atoms with Crippen molar-refractivity contribution in [1.82, 2.24) is 0 Å². The van der Waals surface area contributed by atoms with Gasteiger partial charge < -0.3 is 0 Å². The molecule has 4 aromatic carbocycles. The normalized spacial score (nSPS) is 17.3.